The van der Waals surface area contributed by atoms with Gasteiger partial charge in [-0.1, -0.05) is 96.4 Å². The number of benzene rings is 3. The first kappa shape index (κ1) is 74.3. The SMILES string of the molecule is CCCCC(CC)COCCCN.CCCCCCCCN.COc1ccc(CCN)cc1OC.COc1ccc2c(c1)C(CCN)C=N2.NCCN1CCOCC1.NCCc1cccc(C(F)(F)F)c1.NCc1ccncc1. The summed E-state index contributed by atoms with van der Waals surface area (Å²) in [5.41, 5.74) is 42.2. The maximum atomic E-state index is 12.2. The Morgan fingerprint density at radius 1 is 0.646 bits per heavy atom. The van der Waals surface area contributed by atoms with Crippen LogP contribution >= 0.6 is 0 Å². The first-order valence-electron chi connectivity index (χ1n) is 28.6. The van der Waals surface area contributed by atoms with Crippen LogP contribution in [-0.4, -0.2) is 123 Å². The predicted molar refractivity (Wildman–Crippen MR) is 323 cm³/mol. The summed E-state index contributed by atoms with van der Waals surface area (Å²) in [5.74, 6) is 3.52. The molecule has 0 radical (unpaired) electrons. The van der Waals surface area contributed by atoms with Gasteiger partial charge in [0.25, 0.3) is 0 Å². The van der Waals surface area contributed by atoms with Crippen molar-refractivity contribution in [1.82, 2.24) is 9.88 Å². The number of alkyl halides is 3. The van der Waals surface area contributed by atoms with E-state index in [4.69, 9.17) is 63.8 Å². The van der Waals surface area contributed by atoms with Gasteiger partial charge in [-0.05, 0) is 148 Å². The summed E-state index contributed by atoms with van der Waals surface area (Å²) in [6.45, 7) is 18.0. The quantitative estimate of drug-likeness (QED) is 0.0274. The maximum Gasteiger partial charge on any atom is 0.416 e. The third-order valence-corrected chi connectivity index (χ3v) is 12.6. The van der Waals surface area contributed by atoms with E-state index in [1.54, 1.807) is 39.8 Å². The lowest BCUT2D eigenvalue weighted by atomic mass is 9.98. The summed E-state index contributed by atoms with van der Waals surface area (Å²) in [4.78, 5) is 10.5. The Morgan fingerprint density at radius 3 is 1.84 bits per heavy atom. The highest BCUT2D eigenvalue weighted by Gasteiger charge is 2.30. The van der Waals surface area contributed by atoms with E-state index in [9.17, 15) is 13.2 Å². The number of nitrogens with two attached hydrogens (primary N) is 7. The van der Waals surface area contributed by atoms with E-state index >= 15 is 0 Å². The molecule has 1 saturated heterocycles. The molecule has 3 aromatic carbocycles. The van der Waals surface area contributed by atoms with Gasteiger partial charge in [0.15, 0.2) is 11.5 Å². The Kier molecular flexibility index (Phi) is 47.2. The zero-order valence-corrected chi connectivity index (χ0v) is 49.2. The molecule has 15 nitrogen and oxygen atoms in total. The standard InChI is InChI=1S/C11H14N2O.C11H25NO.C10H15NO2.C9H10F3N.C8H19N.C6H14N2O.C6H8N2/c1-14-9-2-3-11-10(6-9)8(4-5-12)7-13-11;1-3-5-7-11(4-2)10-13-9-6-8-12;1-12-9-4-3-8(5-6-11)7-10(9)13-2;10-9(11,12)8-3-1-2-7(6-8)4-5-13;1-2-3-4-5-6-7-8-9;7-1-2-8-3-5-9-6-4-8;7-5-6-1-3-8-4-2-6/h2-3,6-8H,4-5,12H2,1H3;11H,3-10,12H2,1-2H3;3-4,7H,5-6,11H2,1-2H3;1-3,6H,4-5,13H2;2-9H2,1H3;1-7H2;1-4H,5,7H2. The average molecular weight is 1120 g/mol. The number of ether oxygens (including phenoxy) is 5. The lowest BCUT2D eigenvalue weighted by Gasteiger charge is -2.25. The average Bonchev–Trinajstić information content (AvgIpc) is 3.89. The summed E-state index contributed by atoms with van der Waals surface area (Å²) in [5, 5.41) is 0. The number of hydrogen-bond acceptors (Lipinski definition) is 15. The second-order valence-electron chi connectivity index (χ2n) is 18.8. The summed E-state index contributed by atoms with van der Waals surface area (Å²) in [6.07, 6.45) is 17.7. The second kappa shape index (κ2) is 50.2. The number of morpholine rings is 1. The fourth-order valence-corrected chi connectivity index (χ4v) is 7.79. The number of aliphatic imine (C=N–C) groups is 1. The van der Waals surface area contributed by atoms with Crippen molar-refractivity contribution in [3.05, 3.63) is 113 Å². The molecular formula is C61H105F3N10O5. The number of fused-ring (bicyclic) bond motifs is 1. The molecule has 2 aliphatic rings. The molecule has 0 bridgehead atoms. The normalized spacial score (nSPS) is 13.5. The van der Waals surface area contributed by atoms with Gasteiger partial charge in [-0.15, -0.1) is 0 Å². The van der Waals surface area contributed by atoms with Crippen LogP contribution in [0.15, 0.2) is 90.2 Å². The van der Waals surface area contributed by atoms with Crippen molar-refractivity contribution in [2.45, 2.75) is 129 Å². The Morgan fingerprint density at radius 2 is 1.29 bits per heavy atom. The van der Waals surface area contributed by atoms with Crippen LogP contribution in [0.25, 0.3) is 0 Å². The van der Waals surface area contributed by atoms with E-state index in [0.29, 0.717) is 44.1 Å². The first-order valence-corrected chi connectivity index (χ1v) is 28.6. The number of halogens is 3. The molecule has 0 saturated carbocycles. The molecule has 18 heteroatoms. The van der Waals surface area contributed by atoms with Gasteiger partial charge in [0.1, 0.15) is 5.75 Å². The van der Waals surface area contributed by atoms with E-state index in [0.717, 1.165) is 132 Å². The molecular weight excluding hydrogens is 1010 g/mol. The van der Waals surface area contributed by atoms with Crippen molar-refractivity contribution >= 4 is 11.9 Å². The van der Waals surface area contributed by atoms with Crippen LogP contribution in [0.3, 0.4) is 0 Å². The van der Waals surface area contributed by atoms with Gasteiger partial charge in [0, 0.05) is 70.5 Å². The van der Waals surface area contributed by atoms with Crippen LogP contribution in [0.5, 0.6) is 17.2 Å². The highest BCUT2D eigenvalue weighted by Crippen LogP contribution is 2.36. The Balaban J connectivity index is 0.000000906. The number of methoxy groups -OCH3 is 3. The number of unbranched alkanes of at least 4 members (excludes halogenated alkanes) is 6. The summed E-state index contributed by atoms with van der Waals surface area (Å²) in [7, 11) is 4.93. The number of rotatable bonds is 27. The van der Waals surface area contributed by atoms with Gasteiger partial charge >= 0.3 is 6.18 Å². The van der Waals surface area contributed by atoms with Crippen molar-refractivity contribution in [2.75, 3.05) is 107 Å². The van der Waals surface area contributed by atoms with Gasteiger partial charge in [0.2, 0.25) is 0 Å². The fourth-order valence-electron chi connectivity index (χ4n) is 7.79. The minimum Gasteiger partial charge on any atom is -0.497 e. The smallest absolute Gasteiger partial charge is 0.416 e. The first-order chi connectivity index (χ1) is 38.3. The molecule has 14 N–H and O–H groups in total. The fraction of sp³-hybridized carbons (Fsp3) is 0.607. The molecule has 0 amide bonds. The van der Waals surface area contributed by atoms with Gasteiger partial charge in [-0.2, -0.15) is 13.2 Å². The Labute approximate surface area is 474 Å². The molecule has 450 valence electrons. The Bertz CT molecular complexity index is 2030. The summed E-state index contributed by atoms with van der Waals surface area (Å²) >= 11 is 0. The molecule has 3 heterocycles. The van der Waals surface area contributed by atoms with Crippen molar-refractivity contribution in [3.63, 3.8) is 0 Å². The molecule has 2 aliphatic heterocycles. The molecule has 0 spiro atoms. The lowest BCUT2D eigenvalue weighted by Crippen LogP contribution is -2.39. The van der Waals surface area contributed by atoms with E-state index in [2.05, 4.69) is 35.6 Å². The second-order valence-corrected chi connectivity index (χ2v) is 18.8. The topological polar surface area (TPSA) is 257 Å². The molecule has 2 unspecified atom stereocenters. The molecule has 6 rings (SSSR count). The lowest BCUT2D eigenvalue weighted by molar-refractivity contribution is -0.137. The summed E-state index contributed by atoms with van der Waals surface area (Å²) < 4.78 is 62.7. The minimum absolute atomic E-state index is 0.362. The van der Waals surface area contributed by atoms with Crippen LogP contribution in [0.1, 0.15) is 132 Å². The highest BCUT2D eigenvalue weighted by molar-refractivity contribution is 5.81. The van der Waals surface area contributed by atoms with Gasteiger partial charge in [-0.25, -0.2) is 0 Å². The van der Waals surface area contributed by atoms with Gasteiger partial charge in [-0.3, -0.25) is 14.9 Å². The van der Waals surface area contributed by atoms with E-state index in [-0.39, 0.29) is 0 Å². The largest absolute Gasteiger partial charge is 0.497 e. The molecule has 1 aromatic heterocycles. The van der Waals surface area contributed by atoms with Crippen molar-refractivity contribution in [3.8, 4) is 17.2 Å². The predicted octanol–water partition coefficient (Wildman–Crippen LogP) is 9.95. The molecule has 2 atom stereocenters. The number of hydrogen-bond donors (Lipinski definition) is 7. The zero-order valence-electron chi connectivity index (χ0n) is 49.2. The molecule has 4 aromatic rings. The third kappa shape index (κ3) is 37.0. The van der Waals surface area contributed by atoms with E-state index < -0.39 is 11.7 Å². The minimum atomic E-state index is -4.26. The zero-order chi connectivity index (χ0) is 58.8. The van der Waals surface area contributed by atoms with Crippen molar-refractivity contribution < 1.29 is 36.9 Å². The summed E-state index contributed by atoms with van der Waals surface area (Å²) in [6, 6.07) is 20.8. The third-order valence-electron chi connectivity index (χ3n) is 12.6. The van der Waals surface area contributed by atoms with Crippen LogP contribution in [-0.2, 0) is 35.0 Å². The highest BCUT2D eigenvalue weighted by atomic mass is 19.4. The van der Waals surface area contributed by atoms with Crippen molar-refractivity contribution in [2.24, 2.45) is 51.0 Å². The van der Waals surface area contributed by atoms with Crippen LogP contribution in [0.4, 0.5) is 18.9 Å². The van der Waals surface area contributed by atoms with Gasteiger partial charge < -0.3 is 63.8 Å². The van der Waals surface area contributed by atoms with Crippen LogP contribution in [0.2, 0.25) is 0 Å². The van der Waals surface area contributed by atoms with Crippen LogP contribution < -0.4 is 54.3 Å². The van der Waals surface area contributed by atoms with Crippen molar-refractivity contribution in [1.29, 1.82) is 0 Å². The molecule has 0 aliphatic carbocycles. The van der Waals surface area contributed by atoms with Crippen LogP contribution in [0, 0.1) is 5.92 Å². The van der Waals surface area contributed by atoms with E-state index in [1.807, 2.05) is 54.7 Å². The van der Waals surface area contributed by atoms with E-state index in [1.165, 1.54) is 81.4 Å². The Hall–Kier alpha value is -4.73. The molecule has 79 heavy (non-hydrogen) atoms. The number of nitrogens with zero attached hydrogens (tertiary/aromatic N) is 3. The number of aromatic nitrogens is 1. The molecule has 1 fully saturated rings. The maximum absolute atomic E-state index is 12.2. The van der Waals surface area contributed by atoms with Gasteiger partial charge in [0.05, 0.1) is 45.8 Å². The monoisotopic (exact) mass is 1110 g/mol. The number of pyridine rings is 1.